The molecule has 0 radical (unpaired) electrons. The highest BCUT2D eigenvalue weighted by Gasteiger charge is 2.17. The summed E-state index contributed by atoms with van der Waals surface area (Å²) in [6, 6.07) is 14.0. The first-order valence-electron chi connectivity index (χ1n) is 10.9. The van der Waals surface area contributed by atoms with Gasteiger partial charge in [0.2, 0.25) is 11.8 Å². The lowest BCUT2D eigenvalue weighted by molar-refractivity contribution is 0.312. The molecule has 0 spiro atoms. The van der Waals surface area contributed by atoms with E-state index in [1.54, 1.807) is 26.6 Å². The summed E-state index contributed by atoms with van der Waals surface area (Å²) in [6.45, 7) is 4.11. The average molecular weight is 446 g/mol. The number of hydrogen-bond donors (Lipinski definition) is 1. The Morgan fingerprint density at radius 2 is 1.79 bits per heavy atom. The van der Waals surface area contributed by atoms with Crippen molar-refractivity contribution in [2.45, 2.75) is 0 Å². The van der Waals surface area contributed by atoms with Crippen molar-refractivity contribution in [1.29, 1.82) is 0 Å². The van der Waals surface area contributed by atoms with Crippen LogP contribution in [0.15, 0.2) is 54.9 Å². The molecule has 3 aromatic heterocycles. The van der Waals surface area contributed by atoms with Crippen LogP contribution in [0.2, 0.25) is 0 Å². The number of methoxy groups -OCH3 is 2. The maximum absolute atomic E-state index is 5.68. The van der Waals surface area contributed by atoms with E-state index in [0.717, 1.165) is 60.1 Å². The normalized spacial score (nSPS) is 14.5. The quantitative estimate of drug-likeness (QED) is 0.484. The molecule has 1 N–H and O–H groups in total. The highest BCUT2D eigenvalue weighted by atomic mass is 16.5. The zero-order valence-electron chi connectivity index (χ0n) is 19.0. The molecular formula is C24H27N7O2. The third kappa shape index (κ3) is 4.14. The van der Waals surface area contributed by atoms with Gasteiger partial charge < -0.3 is 24.6 Å². The molecule has 9 heteroatoms. The summed E-state index contributed by atoms with van der Waals surface area (Å²) in [5, 5.41) is 8.03. The lowest BCUT2D eigenvalue weighted by Crippen LogP contribution is -2.44. The molecule has 5 rings (SSSR count). The van der Waals surface area contributed by atoms with Crippen LogP contribution in [0.4, 0.5) is 17.3 Å². The van der Waals surface area contributed by atoms with Crippen molar-refractivity contribution >= 4 is 22.8 Å². The Labute approximate surface area is 192 Å². The van der Waals surface area contributed by atoms with Gasteiger partial charge in [-0.3, -0.25) is 0 Å². The Kier molecular flexibility index (Phi) is 5.70. The van der Waals surface area contributed by atoms with Gasteiger partial charge >= 0.3 is 0 Å². The lowest BCUT2D eigenvalue weighted by Gasteiger charge is -2.34. The fourth-order valence-electron chi connectivity index (χ4n) is 4.08. The van der Waals surface area contributed by atoms with Crippen LogP contribution in [0.25, 0.3) is 16.8 Å². The Morgan fingerprint density at radius 1 is 0.939 bits per heavy atom. The van der Waals surface area contributed by atoms with Gasteiger partial charge in [-0.05, 0) is 43.4 Å². The van der Waals surface area contributed by atoms with Crippen LogP contribution < -0.4 is 19.7 Å². The molecule has 0 bridgehead atoms. The minimum atomic E-state index is 0.466. The summed E-state index contributed by atoms with van der Waals surface area (Å²) in [5.74, 6) is 1.76. The van der Waals surface area contributed by atoms with E-state index in [4.69, 9.17) is 14.6 Å². The molecule has 0 saturated carbocycles. The zero-order valence-corrected chi connectivity index (χ0v) is 19.0. The Hall–Kier alpha value is -3.85. The summed E-state index contributed by atoms with van der Waals surface area (Å²) < 4.78 is 12.9. The van der Waals surface area contributed by atoms with Gasteiger partial charge in [-0.15, -0.1) is 5.10 Å². The first kappa shape index (κ1) is 21.0. The number of rotatable bonds is 6. The minimum absolute atomic E-state index is 0.466. The number of pyridine rings is 1. The first-order valence-corrected chi connectivity index (χ1v) is 10.9. The number of benzene rings is 1. The van der Waals surface area contributed by atoms with E-state index in [9.17, 15) is 0 Å². The number of fused-ring (bicyclic) bond motifs is 1. The van der Waals surface area contributed by atoms with Crippen molar-refractivity contribution in [3.63, 3.8) is 0 Å². The number of aromatic nitrogens is 4. The van der Waals surface area contributed by atoms with Gasteiger partial charge in [0.15, 0.2) is 0 Å². The second kappa shape index (κ2) is 8.95. The predicted molar refractivity (Wildman–Crippen MR) is 129 cm³/mol. The largest absolute Gasteiger partial charge is 0.494 e. The molecule has 1 saturated heterocycles. The maximum Gasteiger partial charge on any atom is 0.245 e. The van der Waals surface area contributed by atoms with Crippen LogP contribution in [0, 0.1) is 0 Å². The van der Waals surface area contributed by atoms with Crippen LogP contribution in [0.1, 0.15) is 0 Å². The van der Waals surface area contributed by atoms with Crippen molar-refractivity contribution in [3.8, 4) is 22.9 Å². The zero-order chi connectivity index (χ0) is 22.8. The minimum Gasteiger partial charge on any atom is -0.494 e. The smallest absolute Gasteiger partial charge is 0.245 e. The summed E-state index contributed by atoms with van der Waals surface area (Å²) >= 11 is 0. The fourth-order valence-corrected chi connectivity index (χ4v) is 4.08. The lowest BCUT2D eigenvalue weighted by atomic mass is 10.2. The molecule has 9 nitrogen and oxygen atoms in total. The number of anilines is 3. The van der Waals surface area contributed by atoms with Crippen LogP contribution in [0.5, 0.6) is 11.6 Å². The van der Waals surface area contributed by atoms with E-state index in [1.807, 2.05) is 34.8 Å². The number of likely N-dealkylation sites (N-methyl/N-ethyl adjacent to an activating group) is 1. The molecule has 0 amide bonds. The highest BCUT2D eigenvalue weighted by molar-refractivity contribution is 5.71. The molecule has 33 heavy (non-hydrogen) atoms. The maximum atomic E-state index is 5.68. The second-order valence-electron chi connectivity index (χ2n) is 8.00. The summed E-state index contributed by atoms with van der Waals surface area (Å²) in [6.07, 6.45) is 3.49. The molecule has 0 atom stereocenters. The third-order valence-corrected chi connectivity index (χ3v) is 5.94. The molecule has 1 aromatic carbocycles. The molecule has 0 unspecified atom stereocenters. The van der Waals surface area contributed by atoms with E-state index < -0.39 is 0 Å². The van der Waals surface area contributed by atoms with E-state index >= 15 is 0 Å². The molecule has 4 heterocycles. The van der Waals surface area contributed by atoms with Gasteiger partial charge in [0.05, 0.1) is 42.9 Å². The second-order valence-corrected chi connectivity index (χ2v) is 8.00. The molecular weight excluding hydrogens is 418 g/mol. The molecule has 1 aliphatic heterocycles. The third-order valence-electron chi connectivity index (χ3n) is 5.94. The van der Waals surface area contributed by atoms with Gasteiger partial charge in [0, 0.05) is 44.1 Å². The standard InChI is InChI=1S/C24H27N7O2/c1-29-11-13-30(14-12-29)17-6-8-20(22(15-17)32-2)27-24-26-16-18-7-9-21(31(18)28-24)19-5-4-10-25-23(19)33-3/h4-10,15-16H,11-14H2,1-3H3,(H,27,28). The summed E-state index contributed by atoms with van der Waals surface area (Å²) in [5.41, 5.74) is 4.57. The average Bonchev–Trinajstić information content (AvgIpc) is 3.28. The van der Waals surface area contributed by atoms with E-state index in [-0.39, 0.29) is 0 Å². The topological polar surface area (TPSA) is 80.0 Å². The van der Waals surface area contributed by atoms with Crippen molar-refractivity contribution in [2.24, 2.45) is 0 Å². The number of nitrogens with one attached hydrogen (secondary N) is 1. The number of piperazine rings is 1. The van der Waals surface area contributed by atoms with Gasteiger partial charge in [0.25, 0.3) is 0 Å². The van der Waals surface area contributed by atoms with Crippen LogP contribution in [-0.2, 0) is 0 Å². The monoisotopic (exact) mass is 445 g/mol. The Bertz CT molecular complexity index is 1260. The van der Waals surface area contributed by atoms with Crippen molar-refractivity contribution in [1.82, 2.24) is 24.5 Å². The van der Waals surface area contributed by atoms with E-state index in [0.29, 0.717) is 11.8 Å². The van der Waals surface area contributed by atoms with Gasteiger partial charge in [0.1, 0.15) is 5.75 Å². The molecule has 1 aliphatic rings. The SMILES string of the molecule is COc1cc(N2CCN(C)CC2)ccc1Nc1ncc2ccc(-c3cccnc3OC)n2n1. The number of nitrogens with zero attached hydrogens (tertiary/aromatic N) is 6. The van der Waals surface area contributed by atoms with Gasteiger partial charge in [-0.1, -0.05) is 0 Å². The predicted octanol–water partition coefficient (Wildman–Crippen LogP) is 3.30. The van der Waals surface area contributed by atoms with Gasteiger partial charge in [-0.2, -0.15) is 0 Å². The Morgan fingerprint density at radius 3 is 2.58 bits per heavy atom. The van der Waals surface area contributed by atoms with Gasteiger partial charge in [-0.25, -0.2) is 14.5 Å². The van der Waals surface area contributed by atoms with E-state index in [1.165, 1.54) is 0 Å². The molecule has 4 aromatic rings. The van der Waals surface area contributed by atoms with Crippen molar-refractivity contribution < 1.29 is 9.47 Å². The fraction of sp³-hybridized carbons (Fsp3) is 0.292. The molecule has 170 valence electrons. The number of ether oxygens (including phenoxy) is 2. The molecule has 0 aliphatic carbocycles. The van der Waals surface area contributed by atoms with Crippen molar-refractivity contribution in [2.75, 3.05) is 57.7 Å². The van der Waals surface area contributed by atoms with Crippen LogP contribution >= 0.6 is 0 Å². The molecule has 1 fully saturated rings. The van der Waals surface area contributed by atoms with Crippen molar-refractivity contribution in [3.05, 3.63) is 54.9 Å². The van der Waals surface area contributed by atoms with E-state index in [2.05, 4.69) is 44.3 Å². The summed E-state index contributed by atoms with van der Waals surface area (Å²) in [4.78, 5) is 13.5. The summed E-state index contributed by atoms with van der Waals surface area (Å²) in [7, 11) is 5.45. The first-order chi connectivity index (χ1) is 16.2. The Balaban J connectivity index is 1.44. The highest BCUT2D eigenvalue weighted by Crippen LogP contribution is 2.33. The van der Waals surface area contributed by atoms with Crippen LogP contribution in [-0.4, -0.2) is 71.9 Å². The number of hydrogen-bond acceptors (Lipinski definition) is 8. The van der Waals surface area contributed by atoms with Crippen LogP contribution in [0.3, 0.4) is 0 Å².